The number of hydrogen-bond donors (Lipinski definition) is 0. The van der Waals surface area contributed by atoms with Crippen LogP contribution >= 0.6 is 0 Å². The van der Waals surface area contributed by atoms with Gasteiger partial charge in [-0.3, -0.25) is 0 Å². The molecular formula is C16H22BFO5. The van der Waals surface area contributed by atoms with E-state index in [2.05, 4.69) is 4.74 Å². The van der Waals surface area contributed by atoms with Crippen molar-refractivity contribution in [1.29, 1.82) is 0 Å². The molecule has 1 aromatic carbocycles. The van der Waals surface area contributed by atoms with E-state index in [-0.39, 0.29) is 12.2 Å². The fourth-order valence-electron chi connectivity index (χ4n) is 2.37. The summed E-state index contributed by atoms with van der Waals surface area (Å²) < 4.78 is 35.9. The maximum atomic E-state index is 14.1. The smallest absolute Gasteiger partial charge is 0.465 e. The van der Waals surface area contributed by atoms with Crippen LogP contribution in [0.1, 0.15) is 43.6 Å². The Bertz CT molecular complexity index is 599. The number of esters is 1. The lowest BCUT2D eigenvalue weighted by Gasteiger charge is -2.32. The molecule has 0 unspecified atom stereocenters. The topological polar surface area (TPSA) is 54.0 Å². The Kier molecular flexibility index (Phi) is 4.85. The quantitative estimate of drug-likeness (QED) is 0.627. The van der Waals surface area contributed by atoms with Gasteiger partial charge < -0.3 is 18.8 Å². The molecule has 126 valence electrons. The van der Waals surface area contributed by atoms with Gasteiger partial charge in [-0.25, -0.2) is 9.18 Å². The van der Waals surface area contributed by atoms with Gasteiger partial charge >= 0.3 is 13.1 Å². The monoisotopic (exact) mass is 324 g/mol. The predicted octanol–water partition coefficient (Wildman–Crippen LogP) is 2.06. The number of hydrogen-bond acceptors (Lipinski definition) is 5. The van der Waals surface area contributed by atoms with E-state index in [0.717, 1.165) is 0 Å². The molecule has 0 N–H and O–H groups in total. The van der Waals surface area contributed by atoms with Crippen molar-refractivity contribution < 1.29 is 28.0 Å². The summed E-state index contributed by atoms with van der Waals surface area (Å²) in [6.07, 6.45) is 0. The van der Waals surface area contributed by atoms with Crippen molar-refractivity contribution in [3.05, 3.63) is 29.1 Å². The maximum Gasteiger partial charge on any atom is 0.495 e. The predicted molar refractivity (Wildman–Crippen MR) is 84.2 cm³/mol. The molecule has 0 bridgehead atoms. The minimum absolute atomic E-state index is 0.155. The molecule has 23 heavy (non-hydrogen) atoms. The highest BCUT2D eigenvalue weighted by atomic mass is 19.1. The van der Waals surface area contributed by atoms with E-state index in [9.17, 15) is 9.18 Å². The number of ether oxygens (including phenoxy) is 2. The SMILES string of the molecule is COCc1cc(F)c(C(=O)OC)cc1B1OC(C)(C)C(C)(C)O1. The zero-order valence-electron chi connectivity index (χ0n) is 14.4. The van der Waals surface area contributed by atoms with E-state index < -0.39 is 30.1 Å². The third kappa shape index (κ3) is 3.27. The summed E-state index contributed by atoms with van der Waals surface area (Å²) in [4.78, 5) is 11.8. The van der Waals surface area contributed by atoms with Gasteiger partial charge in [-0.2, -0.15) is 0 Å². The van der Waals surface area contributed by atoms with E-state index in [1.807, 2.05) is 27.7 Å². The Balaban J connectivity index is 2.50. The molecule has 1 aliphatic rings. The molecule has 7 heteroatoms. The normalized spacial score (nSPS) is 19.0. The average molecular weight is 324 g/mol. The molecule has 0 atom stereocenters. The van der Waals surface area contributed by atoms with E-state index in [4.69, 9.17) is 14.0 Å². The zero-order valence-corrected chi connectivity index (χ0v) is 14.4. The second-order valence-corrected chi connectivity index (χ2v) is 6.54. The molecule has 1 fully saturated rings. The molecule has 1 aromatic rings. The summed E-state index contributed by atoms with van der Waals surface area (Å²) >= 11 is 0. The second kappa shape index (κ2) is 6.22. The van der Waals surface area contributed by atoms with Crippen molar-refractivity contribution in [3.8, 4) is 0 Å². The number of halogens is 1. The summed E-state index contributed by atoms with van der Waals surface area (Å²) in [5, 5.41) is 0. The summed E-state index contributed by atoms with van der Waals surface area (Å²) in [5.74, 6) is -1.41. The van der Waals surface area contributed by atoms with Crippen molar-refractivity contribution in [3.63, 3.8) is 0 Å². The third-order valence-electron chi connectivity index (χ3n) is 4.44. The van der Waals surface area contributed by atoms with Gasteiger partial charge in [0.05, 0.1) is 30.5 Å². The average Bonchev–Trinajstić information content (AvgIpc) is 2.67. The summed E-state index contributed by atoms with van der Waals surface area (Å²) in [7, 11) is 2.01. The lowest BCUT2D eigenvalue weighted by atomic mass is 9.75. The van der Waals surface area contributed by atoms with Crippen molar-refractivity contribution >= 4 is 18.6 Å². The molecule has 0 radical (unpaired) electrons. The minimum atomic E-state index is -0.746. The highest BCUT2D eigenvalue weighted by Gasteiger charge is 2.52. The van der Waals surface area contributed by atoms with Crippen molar-refractivity contribution in [2.45, 2.75) is 45.5 Å². The molecular weight excluding hydrogens is 302 g/mol. The van der Waals surface area contributed by atoms with Crippen LogP contribution in [-0.2, 0) is 25.4 Å². The number of benzene rings is 1. The van der Waals surface area contributed by atoms with Gasteiger partial charge in [-0.15, -0.1) is 0 Å². The molecule has 0 amide bonds. The molecule has 1 heterocycles. The fraction of sp³-hybridized carbons (Fsp3) is 0.562. The van der Waals surface area contributed by atoms with Crippen LogP contribution in [0, 0.1) is 5.82 Å². The van der Waals surface area contributed by atoms with Crippen molar-refractivity contribution in [2.24, 2.45) is 0 Å². The summed E-state index contributed by atoms with van der Waals surface area (Å²) in [6.45, 7) is 7.88. The van der Waals surface area contributed by atoms with Crippen molar-refractivity contribution in [1.82, 2.24) is 0 Å². The Morgan fingerprint density at radius 1 is 1.17 bits per heavy atom. The van der Waals surface area contributed by atoms with Gasteiger partial charge in [0, 0.05) is 7.11 Å². The second-order valence-electron chi connectivity index (χ2n) is 6.54. The first-order valence-electron chi connectivity index (χ1n) is 7.38. The highest BCUT2D eigenvalue weighted by Crippen LogP contribution is 2.36. The minimum Gasteiger partial charge on any atom is -0.465 e. The zero-order chi connectivity index (χ0) is 17.4. The first-order valence-corrected chi connectivity index (χ1v) is 7.38. The summed E-state index contributed by atoms with van der Waals surface area (Å²) in [6, 6.07) is 2.67. The first-order chi connectivity index (χ1) is 10.6. The van der Waals surface area contributed by atoms with Crippen LogP contribution in [-0.4, -0.2) is 38.5 Å². The highest BCUT2D eigenvalue weighted by molar-refractivity contribution is 6.62. The van der Waals surface area contributed by atoms with Gasteiger partial charge in [0.25, 0.3) is 0 Å². The van der Waals surface area contributed by atoms with E-state index in [0.29, 0.717) is 11.0 Å². The van der Waals surface area contributed by atoms with E-state index in [1.165, 1.54) is 26.4 Å². The van der Waals surface area contributed by atoms with Gasteiger partial charge in [0.15, 0.2) is 0 Å². The Hall–Kier alpha value is -1.44. The molecule has 5 nitrogen and oxygen atoms in total. The van der Waals surface area contributed by atoms with Crippen LogP contribution in [0.15, 0.2) is 12.1 Å². The van der Waals surface area contributed by atoms with Crippen LogP contribution in [0.4, 0.5) is 4.39 Å². The number of carbonyl (C=O) groups excluding carboxylic acids is 1. The van der Waals surface area contributed by atoms with Crippen LogP contribution in [0.2, 0.25) is 0 Å². The lowest BCUT2D eigenvalue weighted by Crippen LogP contribution is -2.41. The standard InChI is InChI=1S/C16H22BFO5/c1-15(2)16(3,4)23-17(22-15)12-8-11(14(19)21-6)13(18)7-10(12)9-20-5/h7-8H,9H2,1-6H3. The molecule has 0 aliphatic carbocycles. The van der Waals surface area contributed by atoms with Gasteiger partial charge in [-0.05, 0) is 50.9 Å². The van der Waals surface area contributed by atoms with Crippen LogP contribution in [0.5, 0.6) is 0 Å². The number of methoxy groups -OCH3 is 2. The first kappa shape index (κ1) is 17.9. The molecule has 0 spiro atoms. The maximum absolute atomic E-state index is 14.1. The van der Waals surface area contributed by atoms with Crippen LogP contribution in [0.25, 0.3) is 0 Å². The van der Waals surface area contributed by atoms with Gasteiger partial charge in [0.1, 0.15) is 5.82 Å². The number of carbonyl (C=O) groups is 1. The molecule has 1 saturated heterocycles. The third-order valence-corrected chi connectivity index (χ3v) is 4.44. The lowest BCUT2D eigenvalue weighted by molar-refractivity contribution is 0.00578. The Morgan fingerprint density at radius 2 is 1.74 bits per heavy atom. The van der Waals surface area contributed by atoms with E-state index >= 15 is 0 Å². The fourth-order valence-corrected chi connectivity index (χ4v) is 2.37. The van der Waals surface area contributed by atoms with Crippen molar-refractivity contribution in [2.75, 3.05) is 14.2 Å². The van der Waals surface area contributed by atoms with Crippen LogP contribution in [0.3, 0.4) is 0 Å². The number of rotatable bonds is 4. The molecule has 0 saturated carbocycles. The molecule has 2 rings (SSSR count). The van der Waals surface area contributed by atoms with Gasteiger partial charge in [0.2, 0.25) is 0 Å². The van der Waals surface area contributed by atoms with E-state index in [1.54, 1.807) is 0 Å². The largest absolute Gasteiger partial charge is 0.495 e. The molecule has 1 aliphatic heterocycles. The Morgan fingerprint density at radius 3 is 2.22 bits per heavy atom. The molecule has 0 aromatic heterocycles. The Labute approximate surface area is 136 Å². The van der Waals surface area contributed by atoms with Gasteiger partial charge in [-0.1, -0.05) is 0 Å². The summed E-state index contributed by atoms with van der Waals surface area (Å²) in [5.41, 5.74) is -0.107. The van der Waals surface area contributed by atoms with Crippen LogP contribution < -0.4 is 5.46 Å².